The van der Waals surface area contributed by atoms with Crippen LogP contribution in [0.1, 0.15) is 6.92 Å². The second kappa shape index (κ2) is 7.68. The van der Waals surface area contributed by atoms with Gasteiger partial charge in [0, 0.05) is 33.5 Å². The van der Waals surface area contributed by atoms with Crippen molar-refractivity contribution in [2.24, 2.45) is 0 Å². The number of nitrogens with zero attached hydrogens (tertiary/aromatic N) is 2. The third-order valence-electron chi connectivity index (χ3n) is 3.88. The summed E-state index contributed by atoms with van der Waals surface area (Å²) < 4.78 is 0. The number of nitrogens with one attached hydrogen (secondary N) is 1. The summed E-state index contributed by atoms with van der Waals surface area (Å²) in [4.78, 5) is 22.1. The molecule has 0 fully saturated rings. The molecule has 0 unspecified atom stereocenters. The maximum Gasteiger partial charge on any atom is 0.221 e. The number of carbonyl (C=O) groups excluding carboxylic acids is 1. The molecule has 0 spiro atoms. The van der Waals surface area contributed by atoms with Crippen LogP contribution >= 0.6 is 34.7 Å². The highest BCUT2D eigenvalue weighted by Gasteiger charge is 2.14. The molecule has 2 aromatic heterocycles. The van der Waals surface area contributed by atoms with Crippen LogP contribution in [-0.4, -0.2) is 15.9 Å². The van der Waals surface area contributed by atoms with Gasteiger partial charge in [-0.1, -0.05) is 35.5 Å². The maximum atomic E-state index is 11.2. The molecule has 0 saturated heterocycles. The molecule has 7 heteroatoms. The van der Waals surface area contributed by atoms with E-state index >= 15 is 0 Å². The topological polar surface area (TPSA) is 54.9 Å². The van der Waals surface area contributed by atoms with E-state index in [9.17, 15) is 4.79 Å². The minimum absolute atomic E-state index is 0.0845. The Labute approximate surface area is 169 Å². The normalized spacial score (nSPS) is 10.9. The van der Waals surface area contributed by atoms with Gasteiger partial charge in [-0.25, -0.2) is 9.97 Å². The summed E-state index contributed by atoms with van der Waals surface area (Å²) >= 11 is 9.20. The zero-order valence-corrected chi connectivity index (χ0v) is 16.7. The van der Waals surface area contributed by atoms with Crippen LogP contribution in [0.5, 0.6) is 0 Å². The number of rotatable bonds is 4. The lowest BCUT2D eigenvalue weighted by Gasteiger charge is -2.07. The number of amides is 1. The molecule has 0 radical (unpaired) electrons. The molecule has 0 saturated carbocycles. The van der Waals surface area contributed by atoms with Gasteiger partial charge >= 0.3 is 0 Å². The first-order valence-corrected chi connectivity index (χ1v) is 10.2. The molecule has 2 heterocycles. The van der Waals surface area contributed by atoms with E-state index in [2.05, 4.69) is 20.7 Å². The molecular weight excluding hydrogens is 398 g/mol. The lowest BCUT2D eigenvalue weighted by atomic mass is 10.1. The van der Waals surface area contributed by atoms with Gasteiger partial charge in [-0.2, -0.15) is 0 Å². The highest BCUT2D eigenvalue weighted by Crippen LogP contribution is 2.40. The van der Waals surface area contributed by atoms with Crippen molar-refractivity contribution < 1.29 is 4.79 Å². The average Bonchev–Trinajstić information content (AvgIpc) is 3.09. The molecule has 0 aliphatic heterocycles. The smallest absolute Gasteiger partial charge is 0.221 e. The Hall–Kier alpha value is -2.41. The Morgan fingerprint density at radius 3 is 2.52 bits per heavy atom. The summed E-state index contributed by atoms with van der Waals surface area (Å²) in [5, 5.41) is 7.53. The fraction of sp³-hybridized carbons (Fsp3) is 0.0500. The van der Waals surface area contributed by atoms with Crippen molar-refractivity contribution >= 4 is 56.5 Å². The Kier molecular flexibility index (Phi) is 5.11. The number of thiophene rings is 1. The van der Waals surface area contributed by atoms with E-state index in [1.807, 2.05) is 48.5 Å². The monoisotopic (exact) mass is 411 g/mol. The summed E-state index contributed by atoms with van der Waals surface area (Å²) in [7, 11) is 0. The average molecular weight is 412 g/mol. The highest BCUT2D eigenvalue weighted by atomic mass is 35.5. The van der Waals surface area contributed by atoms with Gasteiger partial charge in [0.2, 0.25) is 5.91 Å². The fourth-order valence-corrected chi connectivity index (χ4v) is 4.70. The number of fused-ring (bicyclic) bond motifs is 1. The Balaban J connectivity index is 1.70. The molecule has 134 valence electrons. The summed E-state index contributed by atoms with van der Waals surface area (Å²) in [5.41, 5.74) is 2.96. The first-order valence-electron chi connectivity index (χ1n) is 8.14. The van der Waals surface area contributed by atoms with Gasteiger partial charge < -0.3 is 5.32 Å². The van der Waals surface area contributed by atoms with Gasteiger partial charge in [-0.05, 0) is 42.0 Å². The third-order valence-corrected chi connectivity index (χ3v) is 6.03. The minimum Gasteiger partial charge on any atom is -0.326 e. The van der Waals surface area contributed by atoms with Gasteiger partial charge in [-0.3, -0.25) is 4.79 Å². The van der Waals surface area contributed by atoms with Crippen LogP contribution in [0.15, 0.2) is 70.2 Å². The predicted molar refractivity (Wildman–Crippen MR) is 113 cm³/mol. The van der Waals surface area contributed by atoms with E-state index < -0.39 is 0 Å². The second-order valence-electron chi connectivity index (χ2n) is 5.82. The number of benzene rings is 2. The SMILES string of the molecule is CC(=O)Nc1ccc(Sc2ncnc3scc(-c4ccc(Cl)cc4)c23)cc1. The molecule has 4 rings (SSSR count). The predicted octanol–water partition coefficient (Wildman–Crippen LogP) is 6.12. The quantitative estimate of drug-likeness (QED) is 0.411. The van der Waals surface area contributed by atoms with Gasteiger partial charge in [0.25, 0.3) is 0 Å². The van der Waals surface area contributed by atoms with Gasteiger partial charge in [0.05, 0.1) is 5.39 Å². The van der Waals surface area contributed by atoms with Crippen LogP contribution < -0.4 is 5.32 Å². The Morgan fingerprint density at radius 2 is 1.81 bits per heavy atom. The standard InChI is InChI=1S/C20H14ClN3OS2/c1-12(25)24-15-6-8-16(9-7-15)27-20-18-17(10-26-19(18)22-11-23-20)13-2-4-14(21)5-3-13/h2-11H,1H3,(H,24,25). The van der Waals surface area contributed by atoms with Gasteiger partial charge in [-0.15, -0.1) is 11.3 Å². The highest BCUT2D eigenvalue weighted by molar-refractivity contribution is 7.99. The molecule has 0 aliphatic rings. The van der Waals surface area contributed by atoms with E-state index in [0.29, 0.717) is 5.02 Å². The van der Waals surface area contributed by atoms with E-state index in [4.69, 9.17) is 11.6 Å². The molecule has 0 aliphatic carbocycles. The fourth-order valence-electron chi connectivity index (χ4n) is 2.69. The van der Waals surface area contributed by atoms with Crippen molar-refractivity contribution in [3.8, 4) is 11.1 Å². The summed E-state index contributed by atoms with van der Waals surface area (Å²) in [6, 6.07) is 15.5. The van der Waals surface area contributed by atoms with Gasteiger partial charge in [0.15, 0.2) is 0 Å². The lowest BCUT2D eigenvalue weighted by molar-refractivity contribution is -0.114. The first-order chi connectivity index (χ1) is 13.1. The van der Waals surface area contributed by atoms with Crippen LogP contribution in [0.2, 0.25) is 5.02 Å². The molecule has 1 amide bonds. The van der Waals surface area contributed by atoms with E-state index in [1.165, 1.54) is 6.92 Å². The zero-order chi connectivity index (χ0) is 18.8. The van der Waals surface area contributed by atoms with Gasteiger partial charge in [0.1, 0.15) is 16.2 Å². The lowest BCUT2D eigenvalue weighted by Crippen LogP contribution is -2.05. The van der Waals surface area contributed by atoms with Crippen LogP contribution in [0.4, 0.5) is 5.69 Å². The number of hydrogen-bond acceptors (Lipinski definition) is 5. The van der Waals surface area contributed by atoms with Crippen LogP contribution in [0, 0.1) is 0 Å². The molecule has 27 heavy (non-hydrogen) atoms. The summed E-state index contributed by atoms with van der Waals surface area (Å²) in [6.07, 6.45) is 1.60. The molecule has 4 nitrogen and oxygen atoms in total. The molecule has 0 atom stereocenters. The van der Waals surface area contributed by atoms with E-state index in [0.717, 1.165) is 37.0 Å². The van der Waals surface area contributed by atoms with Crippen LogP contribution in [-0.2, 0) is 4.79 Å². The third kappa shape index (κ3) is 3.98. The molecule has 4 aromatic rings. The van der Waals surface area contributed by atoms with Crippen molar-refractivity contribution in [2.75, 3.05) is 5.32 Å². The van der Waals surface area contributed by atoms with Crippen molar-refractivity contribution in [1.82, 2.24) is 9.97 Å². The Morgan fingerprint density at radius 1 is 1.07 bits per heavy atom. The minimum atomic E-state index is -0.0845. The summed E-state index contributed by atoms with van der Waals surface area (Å²) in [5.74, 6) is -0.0845. The molecule has 2 aromatic carbocycles. The maximum absolute atomic E-state index is 11.2. The zero-order valence-electron chi connectivity index (χ0n) is 14.3. The number of halogens is 1. The number of anilines is 1. The number of hydrogen-bond donors (Lipinski definition) is 1. The van der Waals surface area contributed by atoms with Crippen molar-refractivity contribution in [3.05, 3.63) is 65.3 Å². The number of carbonyl (C=O) groups is 1. The Bertz CT molecular complexity index is 1110. The number of aromatic nitrogens is 2. The molecule has 1 N–H and O–H groups in total. The van der Waals surface area contributed by atoms with Crippen LogP contribution in [0.25, 0.3) is 21.3 Å². The summed E-state index contributed by atoms with van der Waals surface area (Å²) in [6.45, 7) is 1.50. The van der Waals surface area contributed by atoms with Crippen LogP contribution in [0.3, 0.4) is 0 Å². The first kappa shape index (κ1) is 18.0. The van der Waals surface area contributed by atoms with Crippen molar-refractivity contribution in [1.29, 1.82) is 0 Å². The van der Waals surface area contributed by atoms with Crippen molar-refractivity contribution in [3.63, 3.8) is 0 Å². The molecular formula is C20H14ClN3OS2. The second-order valence-corrected chi connectivity index (χ2v) is 8.18. The largest absolute Gasteiger partial charge is 0.326 e. The van der Waals surface area contributed by atoms with Crippen molar-refractivity contribution in [2.45, 2.75) is 16.8 Å². The van der Waals surface area contributed by atoms with E-state index in [-0.39, 0.29) is 5.91 Å². The molecule has 0 bridgehead atoms. The van der Waals surface area contributed by atoms with E-state index in [1.54, 1.807) is 29.4 Å².